The van der Waals surface area contributed by atoms with E-state index in [0.29, 0.717) is 5.82 Å². The molecule has 4 rings (SSSR count). The first-order valence-electron chi connectivity index (χ1n) is 8.85. The lowest BCUT2D eigenvalue weighted by Gasteiger charge is -2.18. The average Bonchev–Trinajstić information content (AvgIpc) is 3.34. The number of nitrogens with zero attached hydrogens (tertiary/aromatic N) is 2. The molecule has 1 aromatic heterocycles. The lowest BCUT2D eigenvalue weighted by Crippen LogP contribution is -2.34. The Morgan fingerprint density at radius 3 is 2.48 bits per heavy atom. The van der Waals surface area contributed by atoms with Crippen molar-refractivity contribution in [3.63, 3.8) is 0 Å². The zero-order valence-electron chi connectivity index (χ0n) is 14.6. The Hall–Kier alpha value is -2.80. The van der Waals surface area contributed by atoms with Crippen LogP contribution < -0.4 is 10.5 Å². The third-order valence-corrected chi connectivity index (χ3v) is 4.85. The molecule has 5 nitrogen and oxygen atoms in total. The molecule has 1 saturated carbocycles. The number of hydrogen-bond donors (Lipinski definition) is 1. The number of hydrogen-bond acceptors (Lipinski definition) is 5. The van der Waals surface area contributed by atoms with Gasteiger partial charge in [-0.05, 0) is 25.0 Å². The molecule has 0 spiro atoms. The van der Waals surface area contributed by atoms with Crippen LogP contribution >= 0.6 is 0 Å². The molecule has 1 unspecified atom stereocenters. The van der Waals surface area contributed by atoms with Crippen LogP contribution in [0.5, 0.6) is 5.75 Å². The quantitative estimate of drug-likeness (QED) is 0.726. The van der Waals surface area contributed by atoms with E-state index in [-0.39, 0.29) is 11.6 Å². The van der Waals surface area contributed by atoms with Crippen molar-refractivity contribution in [2.45, 2.75) is 37.3 Å². The highest BCUT2D eigenvalue weighted by Crippen LogP contribution is 2.36. The van der Waals surface area contributed by atoms with Gasteiger partial charge in [0, 0.05) is 11.6 Å². The minimum absolute atomic E-state index is 0.158. The molecular formula is C20H19F2N3O2. The average molecular weight is 371 g/mol. The van der Waals surface area contributed by atoms with Crippen molar-refractivity contribution in [3.8, 4) is 5.75 Å². The van der Waals surface area contributed by atoms with Crippen LogP contribution in [0.4, 0.5) is 8.78 Å². The van der Waals surface area contributed by atoms with Crippen molar-refractivity contribution in [3.05, 3.63) is 77.4 Å². The van der Waals surface area contributed by atoms with E-state index < -0.39 is 23.3 Å². The van der Waals surface area contributed by atoms with E-state index in [9.17, 15) is 8.78 Å². The lowest BCUT2D eigenvalue weighted by molar-refractivity contribution is 0.192. The molecule has 140 valence electrons. The molecule has 0 radical (unpaired) electrons. The summed E-state index contributed by atoms with van der Waals surface area (Å²) >= 11 is 0. The van der Waals surface area contributed by atoms with Crippen LogP contribution in [0.25, 0.3) is 0 Å². The first-order valence-corrected chi connectivity index (χ1v) is 8.85. The zero-order valence-corrected chi connectivity index (χ0v) is 14.6. The summed E-state index contributed by atoms with van der Waals surface area (Å²) in [6.45, 7) is 0. The maximum atomic E-state index is 13.6. The Bertz CT molecular complexity index is 924. The Balaban J connectivity index is 1.68. The molecule has 2 aromatic carbocycles. The predicted octanol–water partition coefficient (Wildman–Crippen LogP) is 4.24. The van der Waals surface area contributed by atoms with Gasteiger partial charge in [-0.15, -0.1) is 0 Å². The van der Waals surface area contributed by atoms with Gasteiger partial charge in [-0.1, -0.05) is 48.3 Å². The highest BCUT2D eigenvalue weighted by atomic mass is 19.2. The monoisotopic (exact) mass is 371 g/mol. The second kappa shape index (κ2) is 7.08. The molecule has 1 aliphatic rings. The molecule has 3 aromatic rings. The molecule has 0 aliphatic heterocycles. The molecule has 0 saturated heterocycles. The van der Waals surface area contributed by atoms with Gasteiger partial charge >= 0.3 is 0 Å². The van der Waals surface area contributed by atoms with Gasteiger partial charge in [-0.3, -0.25) is 0 Å². The van der Waals surface area contributed by atoms with Gasteiger partial charge in [0.2, 0.25) is 6.10 Å². The van der Waals surface area contributed by atoms with E-state index in [4.69, 9.17) is 15.0 Å². The molecule has 1 aliphatic carbocycles. The van der Waals surface area contributed by atoms with Crippen LogP contribution in [0.2, 0.25) is 0 Å². The highest BCUT2D eigenvalue weighted by molar-refractivity contribution is 5.28. The molecule has 0 amide bonds. The van der Waals surface area contributed by atoms with Gasteiger partial charge < -0.3 is 15.0 Å². The van der Waals surface area contributed by atoms with E-state index in [0.717, 1.165) is 43.4 Å². The minimum atomic E-state index is -0.989. The number of benzene rings is 2. The van der Waals surface area contributed by atoms with E-state index in [1.165, 1.54) is 6.07 Å². The fourth-order valence-corrected chi connectivity index (χ4v) is 3.35. The largest absolute Gasteiger partial charge is 0.476 e. The third kappa shape index (κ3) is 3.55. The Morgan fingerprint density at radius 2 is 1.78 bits per heavy atom. The Labute approximate surface area is 155 Å². The van der Waals surface area contributed by atoms with Gasteiger partial charge in [0.1, 0.15) is 5.75 Å². The Morgan fingerprint density at radius 1 is 1.04 bits per heavy atom. The SMILES string of the molecule is NC1(c2noc(C(Oc3ccc(F)c(F)c3)c3ccccc3)n2)CCCC1. The smallest absolute Gasteiger partial charge is 0.272 e. The normalized spacial score (nSPS) is 17.0. The maximum Gasteiger partial charge on any atom is 0.272 e. The molecule has 1 heterocycles. The summed E-state index contributed by atoms with van der Waals surface area (Å²) in [5, 5.41) is 4.06. The van der Waals surface area contributed by atoms with E-state index in [2.05, 4.69) is 10.1 Å². The molecule has 7 heteroatoms. The molecular weight excluding hydrogens is 352 g/mol. The fraction of sp³-hybridized carbons (Fsp3) is 0.300. The predicted molar refractivity (Wildman–Crippen MR) is 93.9 cm³/mol. The van der Waals surface area contributed by atoms with Gasteiger partial charge in [0.05, 0.1) is 5.54 Å². The lowest BCUT2D eigenvalue weighted by atomic mass is 9.98. The molecule has 27 heavy (non-hydrogen) atoms. The third-order valence-electron chi connectivity index (χ3n) is 4.85. The van der Waals surface area contributed by atoms with Crippen LogP contribution in [-0.4, -0.2) is 10.1 Å². The summed E-state index contributed by atoms with van der Waals surface area (Å²) in [6, 6.07) is 12.6. The maximum absolute atomic E-state index is 13.6. The highest BCUT2D eigenvalue weighted by Gasteiger charge is 2.37. The molecule has 0 bridgehead atoms. The van der Waals surface area contributed by atoms with Crippen LogP contribution in [0.15, 0.2) is 53.1 Å². The van der Waals surface area contributed by atoms with Crippen molar-refractivity contribution in [2.75, 3.05) is 0 Å². The Kier molecular flexibility index (Phi) is 4.61. The summed E-state index contributed by atoms with van der Waals surface area (Å²) in [5.41, 5.74) is 6.56. The van der Waals surface area contributed by atoms with Gasteiger partial charge in [-0.25, -0.2) is 8.78 Å². The number of halogens is 2. The van der Waals surface area contributed by atoms with Crippen molar-refractivity contribution < 1.29 is 18.0 Å². The van der Waals surface area contributed by atoms with Crippen molar-refractivity contribution >= 4 is 0 Å². The molecule has 1 atom stereocenters. The zero-order chi connectivity index (χ0) is 18.9. The summed E-state index contributed by atoms with van der Waals surface area (Å²) in [6.07, 6.45) is 2.88. The van der Waals surface area contributed by atoms with Crippen LogP contribution in [0.1, 0.15) is 49.1 Å². The van der Waals surface area contributed by atoms with Gasteiger partial charge in [0.15, 0.2) is 17.5 Å². The first-order chi connectivity index (χ1) is 13.0. The van der Waals surface area contributed by atoms with Gasteiger partial charge in [0.25, 0.3) is 5.89 Å². The van der Waals surface area contributed by atoms with Crippen molar-refractivity contribution in [2.24, 2.45) is 5.73 Å². The number of nitrogens with two attached hydrogens (primary N) is 1. The molecule has 2 N–H and O–H groups in total. The topological polar surface area (TPSA) is 74.2 Å². The van der Waals surface area contributed by atoms with E-state index >= 15 is 0 Å². The second-order valence-electron chi connectivity index (χ2n) is 6.80. The number of aromatic nitrogens is 2. The summed E-state index contributed by atoms with van der Waals surface area (Å²) in [7, 11) is 0. The van der Waals surface area contributed by atoms with E-state index in [1.807, 2.05) is 30.3 Å². The van der Waals surface area contributed by atoms with Crippen molar-refractivity contribution in [1.29, 1.82) is 0 Å². The van der Waals surface area contributed by atoms with Gasteiger partial charge in [-0.2, -0.15) is 4.98 Å². The summed E-state index contributed by atoms with van der Waals surface area (Å²) in [4.78, 5) is 4.48. The molecule has 1 fully saturated rings. The minimum Gasteiger partial charge on any atom is -0.476 e. The first kappa shape index (κ1) is 17.6. The number of ether oxygens (including phenoxy) is 1. The fourth-order valence-electron chi connectivity index (χ4n) is 3.35. The van der Waals surface area contributed by atoms with E-state index in [1.54, 1.807) is 0 Å². The van der Waals surface area contributed by atoms with Crippen molar-refractivity contribution in [1.82, 2.24) is 10.1 Å². The van der Waals surface area contributed by atoms with Crippen LogP contribution in [0.3, 0.4) is 0 Å². The number of rotatable bonds is 5. The van der Waals surface area contributed by atoms with Crippen LogP contribution in [0, 0.1) is 11.6 Å². The summed E-state index contributed by atoms with van der Waals surface area (Å²) < 4.78 is 38.1. The van der Waals surface area contributed by atoms with Crippen LogP contribution in [-0.2, 0) is 5.54 Å². The second-order valence-corrected chi connectivity index (χ2v) is 6.80. The standard InChI is InChI=1S/C20H19F2N3O2/c21-15-9-8-14(12-16(15)22)26-17(13-6-2-1-3-7-13)18-24-19(25-27-18)20(23)10-4-5-11-20/h1-3,6-9,12,17H,4-5,10-11,23H2. The summed E-state index contributed by atoms with van der Waals surface area (Å²) in [5.74, 6) is -1.10.